The Morgan fingerprint density at radius 2 is 1.94 bits per heavy atom. The number of alkyl halides is 1. The molecule has 2 nitrogen and oxygen atoms in total. The second-order valence-electron chi connectivity index (χ2n) is 3.80. The van der Waals surface area contributed by atoms with Crippen LogP contribution in [-0.4, -0.2) is 23.7 Å². The van der Waals surface area contributed by atoms with Crippen LogP contribution < -0.4 is 0 Å². The molecule has 0 heterocycles. The highest BCUT2D eigenvalue weighted by Crippen LogP contribution is 2.22. The number of ether oxygens (including phenoxy) is 2. The van der Waals surface area contributed by atoms with Gasteiger partial charge in [-0.15, -0.1) is 0 Å². The van der Waals surface area contributed by atoms with Crippen LogP contribution in [-0.2, 0) is 9.47 Å². The normalized spacial score (nSPS) is 14.6. The fourth-order valence-corrected chi connectivity index (χ4v) is 2.20. The molecule has 0 saturated heterocycles. The van der Waals surface area contributed by atoms with Gasteiger partial charge in [-0.1, -0.05) is 34.7 Å². The molecule has 0 aliphatic carbocycles. The van der Waals surface area contributed by atoms with E-state index in [0.717, 1.165) is 9.99 Å². The smallest absolute Gasteiger partial charge is 0.123 e. The lowest BCUT2D eigenvalue weighted by Gasteiger charge is -2.21. The van der Waals surface area contributed by atoms with E-state index in [1.54, 1.807) is 12.1 Å². The third-order valence-corrected chi connectivity index (χ3v) is 3.14. The van der Waals surface area contributed by atoms with Gasteiger partial charge in [-0.25, -0.2) is 4.39 Å². The summed E-state index contributed by atoms with van der Waals surface area (Å²) in [5, 5.41) is 0. The lowest BCUT2D eigenvalue weighted by atomic mass is 10.1. The van der Waals surface area contributed by atoms with Crippen molar-refractivity contribution >= 4 is 22.6 Å². The van der Waals surface area contributed by atoms with Gasteiger partial charge < -0.3 is 9.47 Å². The third-order valence-electron chi connectivity index (χ3n) is 2.34. The Morgan fingerprint density at radius 3 is 2.47 bits per heavy atom. The van der Waals surface area contributed by atoms with E-state index in [2.05, 4.69) is 22.6 Å². The molecule has 0 radical (unpaired) electrons. The topological polar surface area (TPSA) is 18.5 Å². The summed E-state index contributed by atoms with van der Waals surface area (Å²) in [4.78, 5) is 0. The van der Waals surface area contributed by atoms with E-state index < -0.39 is 0 Å². The molecule has 0 spiro atoms. The highest BCUT2D eigenvalue weighted by atomic mass is 127. The van der Waals surface area contributed by atoms with Crippen LogP contribution in [0, 0.1) is 5.82 Å². The Kier molecular flexibility index (Phi) is 6.99. The molecule has 2 atom stereocenters. The summed E-state index contributed by atoms with van der Waals surface area (Å²) in [6.07, 6.45) is 0.0337. The van der Waals surface area contributed by atoms with Crippen molar-refractivity contribution in [3.8, 4) is 0 Å². The summed E-state index contributed by atoms with van der Waals surface area (Å²) in [5.41, 5.74) is 1.00. The van der Waals surface area contributed by atoms with Gasteiger partial charge in [-0.3, -0.25) is 0 Å². The molecule has 4 heteroatoms. The van der Waals surface area contributed by atoms with Crippen LogP contribution in [0.5, 0.6) is 0 Å². The van der Waals surface area contributed by atoms with Crippen molar-refractivity contribution in [1.82, 2.24) is 0 Å². The first-order valence-electron chi connectivity index (χ1n) is 5.72. The van der Waals surface area contributed by atoms with E-state index in [9.17, 15) is 4.39 Å². The zero-order chi connectivity index (χ0) is 12.7. The van der Waals surface area contributed by atoms with Crippen LogP contribution in [0.2, 0.25) is 0 Å². The van der Waals surface area contributed by atoms with Crippen molar-refractivity contribution in [2.75, 3.05) is 17.6 Å². The van der Waals surface area contributed by atoms with Gasteiger partial charge in [0.1, 0.15) is 5.82 Å². The van der Waals surface area contributed by atoms with Gasteiger partial charge in [0.25, 0.3) is 0 Å². The second-order valence-corrected chi connectivity index (χ2v) is 4.68. The molecule has 0 saturated carbocycles. The first-order valence-corrected chi connectivity index (χ1v) is 7.24. The van der Waals surface area contributed by atoms with Gasteiger partial charge in [-0.2, -0.15) is 0 Å². The predicted molar refractivity (Wildman–Crippen MR) is 75.1 cm³/mol. The van der Waals surface area contributed by atoms with Gasteiger partial charge >= 0.3 is 0 Å². The highest BCUT2D eigenvalue weighted by Gasteiger charge is 2.14. The summed E-state index contributed by atoms with van der Waals surface area (Å²) < 4.78 is 24.8. The van der Waals surface area contributed by atoms with Crippen molar-refractivity contribution in [2.24, 2.45) is 0 Å². The fourth-order valence-electron chi connectivity index (χ4n) is 1.48. The molecule has 0 aliphatic heterocycles. The average molecular weight is 352 g/mol. The molecular formula is C13H18FIO2. The van der Waals surface area contributed by atoms with Crippen molar-refractivity contribution in [1.29, 1.82) is 0 Å². The Morgan fingerprint density at radius 1 is 1.29 bits per heavy atom. The Labute approximate surface area is 116 Å². The molecule has 96 valence electrons. The average Bonchev–Trinajstić information content (AvgIpc) is 2.34. The zero-order valence-corrected chi connectivity index (χ0v) is 12.3. The zero-order valence-electron chi connectivity index (χ0n) is 10.2. The van der Waals surface area contributed by atoms with Crippen LogP contribution in [0.3, 0.4) is 0 Å². The SMILES string of the molecule is CCOCC(C)OC(CI)c1ccc(F)cc1. The lowest BCUT2D eigenvalue weighted by molar-refractivity contribution is -0.0377. The molecule has 1 aromatic carbocycles. The van der Waals surface area contributed by atoms with E-state index in [0.29, 0.717) is 13.2 Å². The summed E-state index contributed by atoms with van der Waals surface area (Å²) in [6.45, 7) is 5.23. The summed E-state index contributed by atoms with van der Waals surface area (Å²) in [6, 6.07) is 6.47. The fraction of sp³-hybridized carbons (Fsp3) is 0.538. The molecule has 0 bridgehead atoms. The molecule has 0 aromatic heterocycles. The van der Waals surface area contributed by atoms with Gasteiger partial charge in [0.05, 0.1) is 18.8 Å². The minimum atomic E-state index is -0.219. The number of halogens is 2. The van der Waals surface area contributed by atoms with Gasteiger partial charge in [0, 0.05) is 11.0 Å². The molecule has 1 rings (SSSR count). The lowest BCUT2D eigenvalue weighted by Crippen LogP contribution is -2.20. The van der Waals surface area contributed by atoms with Gasteiger partial charge in [0.2, 0.25) is 0 Å². The Bertz CT molecular complexity index is 316. The molecule has 1 aromatic rings. The molecule has 0 amide bonds. The van der Waals surface area contributed by atoms with Crippen LogP contribution >= 0.6 is 22.6 Å². The molecule has 17 heavy (non-hydrogen) atoms. The molecule has 0 aliphatic rings. The number of hydrogen-bond donors (Lipinski definition) is 0. The summed E-state index contributed by atoms with van der Waals surface area (Å²) >= 11 is 2.27. The van der Waals surface area contributed by atoms with E-state index in [4.69, 9.17) is 9.47 Å². The maximum atomic E-state index is 12.8. The van der Waals surface area contributed by atoms with Crippen molar-refractivity contribution in [2.45, 2.75) is 26.1 Å². The molecule has 0 fully saturated rings. The van der Waals surface area contributed by atoms with E-state index in [1.807, 2.05) is 13.8 Å². The van der Waals surface area contributed by atoms with Crippen LogP contribution in [0.15, 0.2) is 24.3 Å². The highest BCUT2D eigenvalue weighted by molar-refractivity contribution is 14.1. The summed E-state index contributed by atoms with van der Waals surface area (Å²) in [7, 11) is 0. The summed E-state index contributed by atoms with van der Waals surface area (Å²) in [5.74, 6) is -0.219. The first-order chi connectivity index (χ1) is 8.17. The van der Waals surface area contributed by atoms with Crippen molar-refractivity contribution in [3.63, 3.8) is 0 Å². The van der Waals surface area contributed by atoms with Gasteiger partial charge in [-0.05, 0) is 31.5 Å². The van der Waals surface area contributed by atoms with Crippen molar-refractivity contribution in [3.05, 3.63) is 35.6 Å². The Balaban J connectivity index is 2.56. The minimum absolute atomic E-state index is 0.00773. The van der Waals surface area contributed by atoms with Crippen molar-refractivity contribution < 1.29 is 13.9 Å². The quantitative estimate of drug-likeness (QED) is 0.550. The first kappa shape index (κ1) is 14.9. The largest absolute Gasteiger partial charge is 0.379 e. The van der Waals surface area contributed by atoms with E-state index >= 15 is 0 Å². The standard InChI is InChI=1S/C13H18FIO2/c1-3-16-9-10(2)17-13(8-15)11-4-6-12(14)7-5-11/h4-7,10,13H,3,8-9H2,1-2H3. The third kappa shape index (κ3) is 5.31. The molecule has 2 unspecified atom stereocenters. The van der Waals surface area contributed by atoms with E-state index in [-0.39, 0.29) is 18.0 Å². The minimum Gasteiger partial charge on any atom is -0.379 e. The maximum absolute atomic E-state index is 12.8. The monoisotopic (exact) mass is 352 g/mol. The second kappa shape index (κ2) is 8.00. The maximum Gasteiger partial charge on any atom is 0.123 e. The Hall–Kier alpha value is -0.200. The van der Waals surface area contributed by atoms with E-state index in [1.165, 1.54) is 12.1 Å². The number of benzene rings is 1. The van der Waals surface area contributed by atoms with Crippen LogP contribution in [0.4, 0.5) is 4.39 Å². The van der Waals surface area contributed by atoms with Crippen LogP contribution in [0.25, 0.3) is 0 Å². The predicted octanol–water partition coefficient (Wildman–Crippen LogP) is 3.74. The molecule has 0 N–H and O–H groups in total. The molecular weight excluding hydrogens is 334 g/mol. The number of hydrogen-bond acceptors (Lipinski definition) is 2. The number of rotatable bonds is 7. The van der Waals surface area contributed by atoms with Crippen LogP contribution in [0.1, 0.15) is 25.5 Å². The van der Waals surface area contributed by atoms with Gasteiger partial charge in [0.15, 0.2) is 0 Å².